The Bertz CT molecular complexity index is 1030. The van der Waals surface area contributed by atoms with Crippen LogP contribution in [0.3, 0.4) is 0 Å². The van der Waals surface area contributed by atoms with E-state index in [1.165, 1.54) is 5.56 Å². The largest absolute Gasteiger partial charge is 0.342 e. The highest BCUT2D eigenvalue weighted by atomic mass is 32.2. The summed E-state index contributed by atoms with van der Waals surface area (Å²) in [5.41, 5.74) is 4.02. The SMILES string of the molecule is Cc1ccc(NC(=O)C2CSCN2C(=O)C2CCCN(C(=O)Cc3ccccc3)C2)cc1C. The molecule has 174 valence electrons. The first-order valence-electron chi connectivity index (χ1n) is 11.5. The summed E-state index contributed by atoms with van der Waals surface area (Å²) in [5, 5.41) is 2.98. The Hall–Kier alpha value is -2.80. The van der Waals surface area contributed by atoms with Gasteiger partial charge in [0.15, 0.2) is 0 Å². The standard InChI is InChI=1S/C26H31N3O3S/c1-18-10-11-22(13-19(18)2)27-25(31)23-16-33-17-29(23)26(32)21-9-6-12-28(15-21)24(30)14-20-7-4-3-5-8-20/h3-5,7-8,10-11,13,21,23H,6,9,12,14-17H2,1-2H3,(H,27,31). The molecule has 6 nitrogen and oxygen atoms in total. The van der Waals surface area contributed by atoms with Gasteiger partial charge in [0.05, 0.1) is 18.2 Å². The van der Waals surface area contributed by atoms with Crippen LogP contribution in [0.5, 0.6) is 0 Å². The maximum absolute atomic E-state index is 13.4. The molecule has 0 saturated carbocycles. The molecule has 0 radical (unpaired) electrons. The number of carbonyl (C=O) groups excluding carboxylic acids is 3. The van der Waals surface area contributed by atoms with Crippen molar-refractivity contribution >= 4 is 35.2 Å². The van der Waals surface area contributed by atoms with Crippen molar-refractivity contribution in [2.45, 2.75) is 39.2 Å². The van der Waals surface area contributed by atoms with Crippen molar-refractivity contribution < 1.29 is 14.4 Å². The maximum Gasteiger partial charge on any atom is 0.248 e. The topological polar surface area (TPSA) is 69.7 Å². The lowest BCUT2D eigenvalue weighted by Crippen LogP contribution is -2.51. The average molecular weight is 466 g/mol. The highest BCUT2D eigenvalue weighted by Crippen LogP contribution is 2.28. The van der Waals surface area contributed by atoms with Crippen molar-refractivity contribution in [2.24, 2.45) is 5.92 Å². The number of nitrogens with one attached hydrogen (secondary N) is 1. The van der Waals surface area contributed by atoms with E-state index >= 15 is 0 Å². The van der Waals surface area contributed by atoms with Gasteiger partial charge in [-0.3, -0.25) is 14.4 Å². The molecule has 0 spiro atoms. The van der Waals surface area contributed by atoms with Gasteiger partial charge in [0, 0.05) is 24.5 Å². The van der Waals surface area contributed by atoms with Gasteiger partial charge in [-0.1, -0.05) is 36.4 Å². The number of hydrogen-bond donors (Lipinski definition) is 1. The molecule has 2 saturated heterocycles. The van der Waals surface area contributed by atoms with E-state index in [4.69, 9.17) is 0 Å². The van der Waals surface area contributed by atoms with Crippen molar-refractivity contribution in [1.29, 1.82) is 0 Å². The first-order chi connectivity index (χ1) is 15.9. The van der Waals surface area contributed by atoms with E-state index in [-0.39, 0.29) is 23.6 Å². The number of benzene rings is 2. The van der Waals surface area contributed by atoms with Crippen LogP contribution >= 0.6 is 11.8 Å². The van der Waals surface area contributed by atoms with Gasteiger partial charge < -0.3 is 15.1 Å². The molecule has 0 aromatic heterocycles. The highest BCUT2D eigenvalue weighted by Gasteiger charge is 2.39. The number of piperidine rings is 1. The summed E-state index contributed by atoms with van der Waals surface area (Å²) in [6.45, 7) is 5.16. The molecule has 0 bridgehead atoms. The van der Waals surface area contributed by atoms with Gasteiger partial charge in [-0.2, -0.15) is 0 Å². The van der Waals surface area contributed by atoms with Crippen LogP contribution in [0.4, 0.5) is 5.69 Å². The van der Waals surface area contributed by atoms with E-state index in [1.807, 2.05) is 67.3 Å². The molecule has 2 atom stereocenters. The van der Waals surface area contributed by atoms with Crippen LogP contribution in [0.15, 0.2) is 48.5 Å². The highest BCUT2D eigenvalue weighted by molar-refractivity contribution is 7.99. The molecule has 33 heavy (non-hydrogen) atoms. The number of nitrogens with zero attached hydrogens (tertiary/aromatic N) is 2. The summed E-state index contributed by atoms with van der Waals surface area (Å²) in [5.74, 6) is 0.735. The Kier molecular flexibility index (Phi) is 7.38. The van der Waals surface area contributed by atoms with E-state index < -0.39 is 6.04 Å². The molecule has 2 heterocycles. The predicted molar refractivity (Wildman–Crippen MR) is 132 cm³/mol. The fourth-order valence-corrected chi connectivity index (χ4v) is 5.61. The van der Waals surface area contributed by atoms with Gasteiger partial charge in [0.2, 0.25) is 17.7 Å². The van der Waals surface area contributed by atoms with E-state index in [9.17, 15) is 14.4 Å². The minimum atomic E-state index is -0.487. The Morgan fingerprint density at radius 2 is 1.85 bits per heavy atom. The second-order valence-corrected chi connectivity index (χ2v) is 9.95. The van der Waals surface area contributed by atoms with Crippen molar-refractivity contribution in [1.82, 2.24) is 9.80 Å². The zero-order valence-electron chi connectivity index (χ0n) is 19.3. The normalized spacial score (nSPS) is 20.5. The number of thioether (sulfide) groups is 1. The van der Waals surface area contributed by atoms with Crippen LogP contribution in [0, 0.1) is 19.8 Å². The molecule has 2 unspecified atom stereocenters. The van der Waals surface area contributed by atoms with Crippen molar-refractivity contribution in [2.75, 3.05) is 30.0 Å². The number of rotatable bonds is 5. The van der Waals surface area contributed by atoms with Crippen LogP contribution < -0.4 is 5.32 Å². The summed E-state index contributed by atoms with van der Waals surface area (Å²) >= 11 is 1.60. The quantitative estimate of drug-likeness (QED) is 0.732. The number of amides is 3. The number of aryl methyl sites for hydroxylation is 2. The average Bonchev–Trinajstić information content (AvgIpc) is 3.32. The Balaban J connectivity index is 1.38. The van der Waals surface area contributed by atoms with E-state index in [2.05, 4.69) is 5.32 Å². The summed E-state index contributed by atoms with van der Waals surface area (Å²) < 4.78 is 0. The zero-order valence-corrected chi connectivity index (χ0v) is 20.1. The lowest BCUT2D eigenvalue weighted by atomic mass is 9.95. The molecular formula is C26H31N3O3S. The van der Waals surface area contributed by atoms with Crippen molar-refractivity contribution in [3.63, 3.8) is 0 Å². The molecule has 7 heteroatoms. The molecule has 2 fully saturated rings. The molecule has 4 rings (SSSR count). The van der Waals surface area contributed by atoms with Crippen LogP contribution in [0.25, 0.3) is 0 Å². The fraction of sp³-hybridized carbons (Fsp3) is 0.423. The second-order valence-electron chi connectivity index (χ2n) is 8.95. The number of anilines is 1. The third-order valence-corrected chi connectivity index (χ3v) is 7.58. The summed E-state index contributed by atoms with van der Waals surface area (Å²) in [6, 6.07) is 15.0. The lowest BCUT2D eigenvalue weighted by Gasteiger charge is -2.35. The van der Waals surface area contributed by atoms with Gasteiger partial charge in [0.1, 0.15) is 6.04 Å². The predicted octanol–water partition coefficient (Wildman–Crippen LogP) is 3.62. The van der Waals surface area contributed by atoms with Gasteiger partial charge in [-0.25, -0.2) is 0 Å². The first kappa shape index (κ1) is 23.4. The Morgan fingerprint density at radius 1 is 1.06 bits per heavy atom. The van der Waals surface area contributed by atoms with Gasteiger partial charge in [-0.15, -0.1) is 11.8 Å². The molecule has 2 aromatic carbocycles. The second kappa shape index (κ2) is 10.4. The van der Waals surface area contributed by atoms with Crippen LogP contribution in [0.1, 0.15) is 29.5 Å². The Labute approximate surface area is 199 Å². The Morgan fingerprint density at radius 3 is 2.61 bits per heavy atom. The molecule has 0 aliphatic carbocycles. The summed E-state index contributed by atoms with van der Waals surface area (Å²) in [7, 11) is 0. The van der Waals surface area contributed by atoms with Gasteiger partial charge in [-0.05, 0) is 55.5 Å². The monoisotopic (exact) mass is 465 g/mol. The van der Waals surface area contributed by atoms with Gasteiger partial charge >= 0.3 is 0 Å². The van der Waals surface area contributed by atoms with E-state index in [0.717, 1.165) is 29.7 Å². The third-order valence-electron chi connectivity index (χ3n) is 6.56. The molecule has 2 aliphatic heterocycles. The molecule has 2 aromatic rings. The fourth-order valence-electron chi connectivity index (χ4n) is 4.44. The van der Waals surface area contributed by atoms with Crippen LogP contribution in [-0.4, -0.2) is 58.3 Å². The molecular weight excluding hydrogens is 434 g/mol. The van der Waals surface area contributed by atoms with Gasteiger partial charge in [0.25, 0.3) is 0 Å². The number of likely N-dealkylation sites (tertiary alicyclic amines) is 1. The minimum Gasteiger partial charge on any atom is -0.342 e. The van der Waals surface area contributed by atoms with Crippen LogP contribution in [0.2, 0.25) is 0 Å². The molecule has 1 N–H and O–H groups in total. The van der Waals surface area contributed by atoms with Crippen LogP contribution in [-0.2, 0) is 20.8 Å². The van der Waals surface area contributed by atoms with E-state index in [0.29, 0.717) is 31.1 Å². The minimum absolute atomic E-state index is 0.0163. The summed E-state index contributed by atoms with van der Waals surface area (Å²) in [4.78, 5) is 42.7. The lowest BCUT2D eigenvalue weighted by molar-refractivity contribution is -0.143. The summed E-state index contributed by atoms with van der Waals surface area (Å²) in [6.07, 6.45) is 1.90. The number of carbonyl (C=O) groups is 3. The zero-order chi connectivity index (χ0) is 23.4. The van der Waals surface area contributed by atoms with Crippen molar-refractivity contribution in [3.05, 3.63) is 65.2 Å². The van der Waals surface area contributed by atoms with Crippen molar-refractivity contribution in [3.8, 4) is 0 Å². The first-order valence-corrected chi connectivity index (χ1v) is 12.7. The number of hydrogen-bond acceptors (Lipinski definition) is 4. The smallest absolute Gasteiger partial charge is 0.248 e. The third kappa shape index (κ3) is 5.58. The maximum atomic E-state index is 13.4. The molecule has 3 amide bonds. The van der Waals surface area contributed by atoms with E-state index in [1.54, 1.807) is 16.7 Å². The molecule has 2 aliphatic rings.